The zero-order valence-electron chi connectivity index (χ0n) is 11.8. The molecule has 0 amide bonds. The summed E-state index contributed by atoms with van der Waals surface area (Å²) in [7, 11) is 3.58. The molecule has 3 nitrogen and oxygen atoms in total. The second-order valence-electron chi connectivity index (χ2n) is 4.57. The summed E-state index contributed by atoms with van der Waals surface area (Å²) in [6.45, 7) is 0.488. The van der Waals surface area contributed by atoms with Crippen LogP contribution in [0.4, 0.5) is 15.8 Å². The van der Waals surface area contributed by atoms with Crippen LogP contribution in [0.3, 0.4) is 0 Å². The van der Waals surface area contributed by atoms with Crippen molar-refractivity contribution in [1.29, 1.82) is 0 Å². The fourth-order valence-electron chi connectivity index (χ4n) is 2.20. The first-order valence-electron chi connectivity index (χ1n) is 6.52. The Hall–Kier alpha value is -2.07. The summed E-state index contributed by atoms with van der Waals surface area (Å²) in [6, 6.07) is 12.5. The Morgan fingerprint density at radius 2 is 2.00 bits per heavy atom. The van der Waals surface area contributed by atoms with Crippen LogP contribution < -0.4 is 15.4 Å². The third-order valence-electron chi connectivity index (χ3n) is 3.26. The van der Waals surface area contributed by atoms with Crippen molar-refractivity contribution < 1.29 is 9.13 Å². The number of nitrogens with zero attached hydrogens (tertiary/aromatic N) is 1. The van der Waals surface area contributed by atoms with Crippen LogP contribution in [-0.4, -0.2) is 20.7 Å². The van der Waals surface area contributed by atoms with E-state index < -0.39 is 0 Å². The standard InChI is InChI=1S/C16H19FN2O/c1-19(14-4-3-5-15(11-14)20-2)16-7-6-13(17)10-12(16)8-9-18/h3-7,10-11H,8-9,18H2,1-2H3. The molecule has 4 heteroatoms. The van der Waals surface area contributed by atoms with Crippen molar-refractivity contribution in [3.8, 4) is 5.75 Å². The van der Waals surface area contributed by atoms with Gasteiger partial charge in [-0.1, -0.05) is 6.07 Å². The predicted molar refractivity (Wildman–Crippen MR) is 80.2 cm³/mol. The van der Waals surface area contributed by atoms with Gasteiger partial charge in [-0.15, -0.1) is 0 Å². The largest absolute Gasteiger partial charge is 0.497 e. The zero-order valence-corrected chi connectivity index (χ0v) is 11.8. The first-order valence-corrected chi connectivity index (χ1v) is 6.52. The summed E-state index contributed by atoms with van der Waals surface area (Å²) in [5.41, 5.74) is 8.43. The Morgan fingerprint density at radius 1 is 1.20 bits per heavy atom. The van der Waals surface area contributed by atoms with Gasteiger partial charge in [0.15, 0.2) is 0 Å². The van der Waals surface area contributed by atoms with Gasteiger partial charge in [-0.3, -0.25) is 0 Å². The average molecular weight is 274 g/mol. The summed E-state index contributed by atoms with van der Waals surface area (Å²) >= 11 is 0. The summed E-state index contributed by atoms with van der Waals surface area (Å²) in [5, 5.41) is 0. The molecular formula is C16H19FN2O. The highest BCUT2D eigenvalue weighted by molar-refractivity contribution is 5.67. The van der Waals surface area contributed by atoms with E-state index >= 15 is 0 Å². The molecular weight excluding hydrogens is 255 g/mol. The molecule has 0 spiro atoms. The molecule has 0 fully saturated rings. The normalized spacial score (nSPS) is 10.4. The molecule has 0 aliphatic carbocycles. The van der Waals surface area contributed by atoms with E-state index in [0.717, 1.165) is 22.7 Å². The summed E-state index contributed by atoms with van der Waals surface area (Å²) in [6.07, 6.45) is 0.640. The van der Waals surface area contributed by atoms with Crippen LogP contribution in [0.2, 0.25) is 0 Å². The van der Waals surface area contributed by atoms with Crippen molar-refractivity contribution in [1.82, 2.24) is 0 Å². The van der Waals surface area contributed by atoms with Crippen molar-refractivity contribution in [2.24, 2.45) is 5.73 Å². The summed E-state index contributed by atoms with van der Waals surface area (Å²) in [5.74, 6) is 0.549. The second-order valence-corrected chi connectivity index (χ2v) is 4.57. The van der Waals surface area contributed by atoms with Crippen molar-refractivity contribution in [3.63, 3.8) is 0 Å². The molecule has 2 aromatic rings. The van der Waals surface area contributed by atoms with Gasteiger partial charge in [-0.2, -0.15) is 0 Å². The van der Waals surface area contributed by atoms with E-state index in [-0.39, 0.29) is 5.82 Å². The van der Waals surface area contributed by atoms with Crippen LogP contribution >= 0.6 is 0 Å². The minimum Gasteiger partial charge on any atom is -0.497 e. The Bertz CT molecular complexity index is 586. The first kappa shape index (κ1) is 14.3. The van der Waals surface area contributed by atoms with Gasteiger partial charge in [0.25, 0.3) is 0 Å². The Morgan fingerprint density at radius 3 is 2.70 bits per heavy atom. The number of rotatable bonds is 5. The van der Waals surface area contributed by atoms with Crippen LogP contribution in [0.25, 0.3) is 0 Å². The van der Waals surface area contributed by atoms with Gasteiger partial charge >= 0.3 is 0 Å². The zero-order chi connectivity index (χ0) is 14.5. The van der Waals surface area contributed by atoms with Crippen LogP contribution in [0.15, 0.2) is 42.5 Å². The molecule has 0 atom stereocenters. The van der Waals surface area contributed by atoms with E-state index in [1.54, 1.807) is 19.2 Å². The number of methoxy groups -OCH3 is 1. The number of hydrogen-bond donors (Lipinski definition) is 1. The highest BCUT2D eigenvalue weighted by Crippen LogP contribution is 2.30. The third-order valence-corrected chi connectivity index (χ3v) is 3.26. The molecule has 0 aliphatic rings. The van der Waals surface area contributed by atoms with Gasteiger partial charge in [0, 0.05) is 24.5 Å². The fourth-order valence-corrected chi connectivity index (χ4v) is 2.20. The van der Waals surface area contributed by atoms with E-state index in [4.69, 9.17) is 10.5 Å². The van der Waals surface area contributed by atoms with E-state index in [1.807, 2.05) is 36.2 Å². The van der Waals surface area contributed by atoms with Crippen LogP contribution in [0.1, 0.15) is 5.56 Å². The monoisotopic (exact) mass is 274 g/mol. The first-order chi connectivity index (χ1) is 9.65. The second kappa shape index (κ2) is 6.39. The van der Waals surface area contributed by atoms with Crippen LogP contribution in [0, 0.1) is 5.82 Å². The Labute approximate surface area is 118 Å². The van der Waals surface area contributed by atoms with Crippen molar-refractivity contribution in [2.75, 3.05) is 25.6 Å². The van der Waals surface area contributed by atoms with Gasteiger partial charge in [-0.25, -0.2) is 4.39 Å². The maximum Gasteiger partial charge on any atom is 0.123 e. The van der Waals surface area contributed by atoms with E-state index in [2.05, 4.69) is 0 Å². The third kappa shape index (κ3) is 3.08. The Kier molecular flexibility index (Phi) is 4.58. The molecule has 0 radical (unpaired) electrons. The number of hydrogen-bond acceptors (Lipinski definition) is 3. The quantitative estimate of drug-likeness (QED) is 0.910. The van der Waals surface area contributed by atoms with Crippen molar-refractivity contribution >= 4 is 11.4 Å². The van der Waals surface area contributed by atoms with Gasteiger partial charge in [0.2, 0.25) is 0 Å². The number of ether oxygens (including phenoxy) is 1. The summed E-state index contributed by atoms with van der Waals surface area (Å²) < 4.78 is 18.6. The molecule has 20 heavy (non-hydrogen) atoms. The lowest BCUT2D eigenvalue weighted by Gasteiger charge is -2.23. The SMILES string of the molecule is COc1cccc(N(C)c2ccc(F)cc2CCN)c1. The van der Waals surface area contributed by atoms with Gasteiger partial charge < -0.3 is 15.4 Å². The molecule has 0 bridgehead atoms. The minimum atomic E-state index is -0.240. The smallest absolute Gasteiger partial charge is 0.123 e. The van der Waals surface area contributed by atoms with Crippen molar-refractivity contribution in [2.45, 2.75) is 6.42 Å². The van der Waals surface area contributed by atoms with Crippen LogP contribution in [0.5, 0.6) is 5.75 Å². The maximum atomic E-state index is 13.4. The lowest BCUT2D eigenvalue weighted by atomic mass is 10.1. The predicted octanol–water partition coefficient (Wildman–Crippen LogP) is 3.10. The number of halogens is 1. The molecule has 0 saturated heterocycles. The van der Waals surface area contributed by atoms with Gasteiger partial charge in [-0.05, 0) is 48.9 Å². The molecule has 0 unspecified atom stereocenters. The van der Waals surface area contributed by atoms with Gasteiger partial charge in [0.05, 0.1) is 7.11 Å². The molecule has 2 rings (SSSR count). The molecule has 106 valence electrons. The number of benzene rings is 2. The van der Waals surface area contributed by atoms with Crippen molar-refractivity contribution in [3.05, 3.63) is 53.8 Å². The minimum absolute atomic E-state index is 0.240. The van der Waals surface area contributed by atoms with Crippen LogP contribution in [-0.2, 0) is 6.42 Å². The molecule has 2 aromatic carbocycles. The summed E-state index contributed by atoms with van der Waals surface area (Å²) in [4.78, 5) is 2.01. The average Bonchev–Trinajstić information content (AvgIpc) is 2.47. The number of nitrogens with two attached hydrogens (primary N) is 1. The van der Waals surface area contributed by atoms with E-state index in [1.165, 1.54) is 6.07 Å². The number of anilines is 2. The lowest BCUT2D eigenvalue weighted by Crippen LogP contribution is -2.14. The molecule has 0 heterocycles. The van der Waals surface area contributed by atoms with E-state index in [9.17, 15) is 4.39 Å². The Balaban J connectivity index is 2.38. The topological polar surface area (TPSA) is 38.5 Å². The van der Waals surface area contributed by atoms with Gasteiger partial charge in [0.1, 0.15) is 11.6 Å². The van der Waals surface area contributed by atoms with E-state index in [0.29, 0.717) is 13.0 Å². The highest BCUT2D eigenvalue weighted by Gasteiger charge is 2.10. The molecule has 0 aromatic heterocycles. The fraction of sp³-hybridized carbons (Fsp3) is 0.250. The maximum absolute atomic E-state index is 13.4. The highest BCUT2D eigenvalue weighted by atomic mass is 19.1. The molecule has 0 aliphatic heterocycles. The lowest BCUT2D eigenvalue weighted by molar-refractivity contribution is 0.415. The molecule has 2 N–H and O–H groups in total. The molecule has 0 saturated carbocycles.